The standard InChI is InChI=1S/C20H16FN3OS/c21-15-5-3-4-14(10-15)13-24-17-7-9-26-19(17)11-18(24)20(25)23-12-16-6-1-2-8-22-16/h1-11H,12-13H2,(H,23,25). The normalized spacial score (nSPS) is 11.0. The first-order valence-electron chi connectivity index (χ1n) is 8.20. The van der Waals surface area contributed by atoms with Crippen LogP contribution in [0.1, 0.15) is 21.7 Å². The third-order valence-corrected chi connectivity index (χ3v) is 4.99. The average molecular weight is 365 g/mol. The second-order valence-corrected chi connectivity index (χ2v) is 6.87. The van der Waals surface area contributed by atoms with Gasteiger partial charge in [0, 0.05) is 12.7 Å². The maximum atomic E-state index is 13.5. The largest absolute Gasteiger partial charge is 0.345 e. The van der Waals surface area contributed by atoms with Crippen molar-refractivity contribution in [3.8, 4) is 0 Å². The Morgan fingerprint density at radius 3 is 2.88 bits per heavy atom. The lowest BCUT2D eigenvalue weighted by Crippen LogP contribution is -2.26. The Labute approximate surface area is 153 Å². The lowest BCUT2D eigenvalue weighted by Gasteiger charge is -2.11. The summed E-state index contributed by atoms with van der Waals surface area (Å²) in [4.78, 5) is 17.0. The summed E-state index contributed by atoms with van der Waals surface area (Å²) in [6.07, 6.45) is 1.70. The average Bonchev–Trinajstić information content (AvgIpc) is 3.23. The van der Waals surface area contributed by atoms with Crippen molar-refractivity contribution in [2.45, 2.75) is 13.1 Å². The molecule has 1 aromatic carbocycles. The highest BCUT2D eigenvalue weighted by atomic mass is 32.1. The van der Waals surface area contributed by atoms with Crippen molar-refractivity contribution in [2.24, 2.45) is 0 Å². The number of rotatable bonds is 5. The number of hydrogen-bond donors (Lipinski definition) is 1. The van der Waals surface area contributed by atoms with Gasteiger partial charge in [-0.05, 0) is 47.3 Å². The first-order valence-corrected chi connectivity index (χ1v) is 9.08. The number of carbonyl (C=O) groups is 1. The van der Waals surface area contributed by atoms with Crippen LogP contribution in [0, 0.1) is 5.82 Å². The summed E-state index contributed by atoms with van der Waals surface area (Å²) < 4.78 is 16.5. The van der Waals surface area contributed by atoms with E-state index in [1.54, 1.807) is 23.6 Å². The summed E-state index contributed by atoms with van der Waals surface area (Å²) >= 11 is 1.58. The molecule has 0 fully saturated rings. The molecule has 26 heavy (non-hydrogen) atoms. The Kier molecular flexibility index (Phi) is 4.50. The van der Waals surface area contributed by atoms with Gasteiger partial charge in [0.25, 0.3) is 5.91 Å². The Bertz CT molecular complexity index is 1060. The highest BCUT2D eigenvalue weighted by Crippen LogP contribution is 2.26. The molecule has 0 aliphatic carbocycles. The zero-order valence-electron chi connectivity index (χ0n) is 13.9. The highest BCUT2D eigenvalue weighted by molar-refractivity contribution is 7.17. The third-order valence-electron chi connectivity index (χ3n) is 4.14. The first kappa shape index (κ1) is 16.5. The molecule has 130 valence electrons. The van der Waals surface area contributed by atoms with Crippen LogP contribution in [-0.2, 0) is 13.1 Å². The molecule has 0 aliphatic rings. The number of amides is 1. The van der Waals surface area contributed by atoms with Crippen LogP contribution < -0.4 is 5.32 Å². The molecule has 0 saturated carbocycles. The number of hydrogen-bond acceptors (Lipinski definition) is 3. The number of nitrogens with zero attached hydrogens (tertiary/aromatic N) is 2. The first-order chi connectivity index (χ1) is 12.7. The number of fused-ring (bicyclic) bond motifs is 1. The topological polar surface area (TPSA) is 46.9 Å². The Morgan fingerprint density at radius 2 is 2.08 bits per heavy atom. The van der Waals surface area contributed by atoms with Crippen molar-refractivity contribution in [1.29, 1.82) is 0 Å². The van der Waals surface area contributed by atoms with Crippen molar-refractivity contribution in [1.82, 2.24) is 14.9 Å². The number of thiophene rings is 1. The zero-order valence-corrected chi connectivity index (χ0v) is 14.7. The number of aromatic nitrogens is 2. The summed E-state index contributed by atoms with van der Waals surface area (Å²) in [7, 11) is 0. The van der Waals surface area contributed by atoms with E-state index in [9.17, 15) is 9.18 Å². The lowest BCUT2D eigenvalue weighted by atomic mass is 10.2. The van der Waals surface area contributed by atoms with E-state index in [0.29, 0.717) is 18.8 Å². The SMILES string of the molecule is O=C(NCc1ccccn1)c1cc2sccc2n1Cc1cccc(F)c1. The van der Waals surface area contributed by atoms with Gasteiger partial charge in [0.1, 0.15) is 11.5 Å². The maximum Gasteiger partial charge on any atom is 0.268 e. The minimum atomic E-state index is -0.280. The van der Waals surface area contributed by atoms with Crippen molar-refractivity contribution in [3.05, 3.63) is 88.9 Å². The molecule has 0 bridgehead atoms. The molecule has 0 saturated heterocycles. The van der Waals surface area contributed by atoms with Crippen molar-refractivity contribution in [3.63, 3.8) is 0 Å². The summed E-state index contributed by atoms with van der Waals surface area (Å²) in [5.74, 6) is -0.451. The molecule has 4 aromatic rings. The van der Waals surface area contributed by atoms with E-state index in [2.05, 4.69) is 10.3 Å². The van der Waals surface area contributed by atoms with Gasteiger partial charge in [-0.3, -0.25) is 9.78 Å². The van der Waals surface area contributed by atoms with Gasteiger partial charge in [-0.25, -0.2) is 4.39 Å². The fourth-order valence-electron chi connectivity index (χ4n) is 2.92. The summed E-state index contributed by atoms with van der Waals surface area (Å²) in [5.41, 5.74) is 3.15. The Hall–Kier alpha value is -2.99. The Morgan fingerprint density at radius 1 is 1.15 bits per heavy atom. The fraction of sp³-hybridized carbons (Fsp3) is 0.100. The van der Waals surface area contributed by atoms with Crippen LogP contribution in [0.2, 0.25) is 0 Å². The quantitative estimate of drug-likeness (QED) is 0.576. The molecule has 6 heteroatoms. The lowest BCUT2D eigenvalue weighted by molar-refractivity contribution is 0.0942. The van der Waals surface area contributed by atoms with Gasteiger partial charge in [0.15, 0.2) is 0 Å². The van der Waals surface area contributed by atoms with E-state index in [0.717, 1.165) is 21.5 Å². The molecule has 3 heterocycles. The predicted molar refractivity (Wildman–Crippen MR) is 101 cm³/mol. The molecule has 4 nitrogen and oxygen atoms in total. The van der Waals surface area contributed by atoms with Crippen LogP contribution in [0.4, 0.5) is 4.39 Å². The minimum Gasteiger partial charge on any atom is -0.345 e. The number of benzene rings is 1. The number of halogens is 1. The van der Waals surface area contributed by atoms with Gasteiger partial charge in [0.05, 0.1) is 22.5 Å². The number of pyridine rings is 1. The smallest absolute Gasteiger partial charge is 0.268 e. The van der Waals surface area contributed by atoms with Gasteiger partial charge in [-0.1, -0.05) is 18.2 Å². The van der Waals surface area contributed by atoms with Crippen molar-refractivity contribution in [2.75, 3.05) is 0 Å². The van der Waals surface area contributed by atoms with Crippen LogP contribution in [0.5, 0.6) is 0 Å². The molecular weight excluding hydrogens is 349 g/mol. The van der Waals surface area contributed by atoms with E-state index in [1.807, 2.05) is 46.3 Å². The monoisotopic (exact) mass is 365 g/mol. The highest BCUT2D eigenvalue weighted by Gasteiger charge is 2.17. The van der Waals surface area contributed by atoms with E-state index in [4.69, 9.17) is 0 Å². The second-order valence-electron chi connectivity index (χ2n) is 5.92. The maximum absolute atomic E-state index is 13.5. The van der Waals surface area contributed by atoms with Crippen LogP contribution in [0.15, 0.2) is 66.2 Å². The molecule has 0 unspecified atom stereocenters. The van der Waals surface area contributed by atoms with E-state index < -0.39 is 0 Å². The molecule has 0 spiro atoms. The summed E-state index contributed by atoms with van der Waals surface area (Å²) in [5, 5.41) is 4.90. The molecule has 3 aromatic heterocycles. The van der Waals surface area contributed by atoms with E-state index in [1.165, 1.54) is 12.1 Å². The van der Waals surface area contributed by atoms with Gasteiger partial charge in [-0.2, -0.15) is 0 Å². The van der Waals surface area contributed by atoms with Crippen molar-refractivity contribution >= 4 is 27.5 Å². The minimum absolute atomic E-state index is 0.171. The van der Waals surface area contributed by atoms with E-state index in [-0.39, 0.29) is 11.7 Å². The molecule has 1 N–H and O–H groups in total. The summed E-state index contributed by atoms with van der Waals surface area (Å²) in [6.45, 7) is 0.794. The fourth-order valence-corrected chi connectivity index (χ4v) is 3.74. The molecule has 1 amide bonds. The molecule has 0 radical (unpaired) electrons. The summed E-state index contributed by atoms with van der Waals surface area (Å²) in [6, 6.07) is 15.9. The van der Waals surface area contributed by atoms with Crippen molar-refractivity contribution < 1.29 is 9.18 Å². The second kappa shape index (κ2) is 7.09. The van der Waals surface area contributed by atoms with Gasteiger partial charge in [0.2, 0.25) is 0 Å². The van der Waals surface area contributed by atoms with Crippen LogP contribution in [0.3, 0.4) is 0 Å². The third kappa shape index (κ3) is 3.36. The number of carbonyl (C=O) groups excluding carboxylic acids is 1. The van der Waals surface area contributed by atoms with E-state index >= 15 is 0 Å². The Balaban J connectivity index is 1.62. The number of nitrogens with one attached hydrogen (secondary N) is 1. The van der Waals surface area contributed by atoms with Gasteiger partial charge < -0.3 is 9.88 Å². The van der Waals surface area contributed by atoms with Gasteiger partial charge >= 0.3 is 0 Å². The van der Waals surface area contributed by atoms with Crippen LogP contribution >= 0.6 is 11.3 Å². The molecule has 0 aliphatic heterocycles. The van der Waals surface area contributed by atoms with Crippen LogP contribution in [-0.4, -0.2) is 15.5 Å². The van der Waals surface area contributed by atoms with Crippen LogP contribution in [0.25, 0.3) is 10.2 Å². The molecule has 4 rings (SSSR count). The molecule has 0 atom stereocenters. The zero-order chi connectivity index (χ0) is 17.9. The molecular formula is C20H16FN3OS. The predicted octanol–water partition coefficient (Wildman–Crippen LogP) is 4.22. The van der Waals surface area contributed by atoms with Gasteiger partial charge in [-0.15, -0.1) is 11.3 Å².